The Bertz CT molecular complexity index is 929. The quantitative estimate of drug-likeness (QED) is 0.378. The van der Waals surface area contributed by atoms with Gasteiger partial charge in [0, 0.05) is 36.6 Å². The number of rotatable bonds is 14. The van der Waals surface area contributed by atoms with E-state index in [0.29, 0.717) is 37.1 Å². The number of nitrogens with one attached hydrogen (secondary N) is 1. The third-order valence-electron chi connectivity index (χ3n) is 6.04. The lowest BCUT2D eigenvalue weighted by atomic mass is 9.95. The van der Waals surface area contributed by atoms with Gasteiger partial charge in [0.1, 0.15) is 6.10 Å². The minimum atomic E-state index is -1.13. The predicted octanol–water partition coefficient (Wildman–Crippen LogP) is 3.91. The lowest BCUT2D eigenvalue weighted by molar-refractivity contribution is -0.00814. The number of benzene rings is 1. The number of amides is 2. The molecule has 35 heavy (non-hydrogen) atoms. The van der Waals surface area contributed by atoms with Crippen LogP contribution >= 0.6 is 0 Å². The highest BCUT2D eigenvalue weighted by Gasteiger charge is 2.28. The van der Waals surface area contributed by atoms with E-state index in [1.54, 1.807) is 30.6 Å². The fourth-order valence-electron chi connectivity index (χ4n) is 4.21. The van der Waals surface area contributed by atoms with Gasteiger partial charge in [0.15, 0.2) is 0 Å². The average Bonchev–Trinajstić information content (AvgIpc) is 2.86. The van der Waals surface area contributed by atoms with Crippen LogP contribution in [0.3, 0.4) is 0 Å². The molecule has 1 aromatic carbocycles. The smallest absolute Gasteiger partial charge is 0.253 e. The molecule has 2 aromatic rings. The summed E-state index contributed by atoms with van der Waals surface area (Å²) in [7, 11) is 0. The Morgan fingerprint density at radius 3 is 2.20 bits per heavy atom. The Balaban J connectivity index is 2.28. The average molecular weight is 484 g/mol. The Morgan fingerprint density at radius 2 is 1.60 bits per heavy atom. The van der Waals surface area contributed by atoms with E-state index in [2.05, 4.69) is 10.3 Å². The zero-order valence-corrected chi connectivity index (χ0v) is 21.5. The molecule has 2 amide bonds. The van der Waals surface area contributed by atoms with Crippen LogP contribution in [0.25, 0.3) is 0 Å². The van der Waals surface area contributed by atoms with E-state index in [9.17, 15) is 19.8 Å². The summed E-state index contributed by atoms with van der Waals surface area (Å²) >= 11 is 0. The number of aliphatic hydroxyl groups is 2. The number of carbonyl (C=O) groups excluding carboxylic acids is 2. The molecule has 0 aliphatic rings. The van der Waals surface area contributed by atoms with E-state index in [0.717, 1.165) is 36.8 Å². The van der Waals surface area contributed by atoms with Gasteiger partial charge in [-0.2, -0.15) is 0 Å². The molecule has 7 heteroatoms. The molecule has 0 aliphatic heterocycles. The Morgan fingerprint density at radius 1 is 0.971 bits per heavy atom. The van der Waals surface area contributed by atoms with E-state index in [1.807, 2.05) is 44.7 Å². The number of unbranched alkanes of at least 4 members (excludes halogenated alkanes) is 1. The third-order valence-corrected chi connectivity index (χ3v) is 6.04. The number of carbonyl (C=O) groups is 2. The zero-order chi connectivity index (χ0) is 25.8. The van der Waals surface area contributed by atoms with E-state index in [-0.39, 0.29) is 11.8 Å². The van der Waals surface area contributed by atoms with Gasteiger partial charge in [-0.25, -0.2) is 0 Å². The Labute approximate surface area is 209 Å². The fraction of sp³-hybridized carbons (Fsp3) is 0.536. The molecule has 0 aliphatic carbocycles. The summed E-state index contributed by atoms with van der Waals surface area (Å²) in [5.41, 5.74) is 2.53. The van der Waals surface area contributed by atoms with E-state index in [1.165, 1.54) is 0 Å². The molecule has 7 nitrogen and oxygen atoms in total. The topological polar surface area (TPSA) is 103 Å². The second-order valence-electron chi connectivity index (χ2n) is 9.22. The van der Waals surface area contributed by atoms with Gasteiger partial charge in [0.25, 0.3) is 11.8 Å². The first-order chi connectivity index (χ1) is 16.8. The normalized spacial score (nSPS) is 13.7. The molecule has 0 fully saturated rings. The van der Waals surface area contributed by atoms with Crippen molar-refractivity contribution in [3.05, 3.63) is 65.0 Å². The summed E-state index contributed by atoms with van der Waals surface area (Å²) in [5.74, 6) is -0.476. The molecule has 0 radical (unpaired) electrons. The molecule has 0 saturated carbocycles. The minimum Gasteiger partial charge on any atom is -0.390 e. The van der Waals surface area contributed by atoms with E-state index in [4.69, 9.17) is 0 Å². The minimum absolute atomic E-state index is 0.0881. The number of aryl methyl sites for hydroxylation is 1. The number of hydrogen-bond acceptors (Lipinski definition) is 5. The molecule has 1 aromatic heterocycles. The maximum atomic E-state index is 13.3. The highest BCUT2D eigenvalue weighted by Crippen LogP contribution is 2.16. The third kappa shape index (κ3) is 8.75. The molecule has 0 spiro atoms. The molecule has 1 heterocycles. The van der Waals surface area contributed by atoms with Crippen molar-refractivity contribution in [1.29, 1.82) is 0 Å². The van der Waals surface area contributed by atoms with Crippen LogP contribution in [0.4, 0.5) is 0 Å². The van der Waals surface area contributed by atoms with Crippen LogP contribution in [-0.2, 0) is 6.42 Å². The molecule has 3 atom stereocenters. The number of pyridine rings is 1. The lowest BCUT2D eigenvalue weighted by Gasteiger charge is -2.28. The monoisotopic (exact) mass is 483 g/mol. The molecule has 0 bridgehead atoms. The van der Waals surface area contributed by atoms with Crippen LogP contribution in [0.5, 0.6) is 0 Å². The van der Waals surface area contributed by atoms with Crippen molar-refractivity contribution in [1.82, 2.24) is 15.2 Å². The molecule has 2 rings (SSSR count). The van der Waals surface area contributed by atoms with Gasteiger partial charge in [-0.1, -0.05) is 33.6 Å². The number of aliphatic hydroxyl groups excluding tert-OH is 2. The van der Waals surface area contributed by atoms with E-state index >= 15 is 0 Å². The van der Waals surface area contributed by atoms with E-state index < -0.39 is 18.2 Å². The van der Waals surface area contributed by atoms with Crippen LogP contribution in [0, 0.1) is 6.92 Å². The van der Waals surface area contributed by atoms with Crippen molar-refractivity contribution < 1.29 is 19.8 Å². The van der Waals surface area contributed by atoms with Crippen LogP contribution < -0.4 is 5.32 Å². The summed E-state index contributed by atoms with van der Waals surface area (Å²) in [4.78, 5) is 32.3. The summed E-state index contributed by atoms with van der Waals surface area (Å²) < 4.78 is 0. The van der Waals surface area contributed by atoms with Gasteiger partial charge in [-0.15, -0.1) is 0 Å². The van der Waals surface area contributed by atoms with Gasteiger partial charge in [0.2, 0.25) is 0 Å². The highest BCUT2D eigenvalue weighted by atomic mass is 16.3. The number of hydrogen-bond donors (Lipinski definition) is 3. The molecule has 0 saturated heterocycles. The lowest BCUT2D eigenvalue weighted by Crippen LogP contribution is -2.49. The van der Waals surface area contributed by atoms with Crippen molar-refractivity contribution in [2.24, 2.45) is 0 Å². The number of nitrogens with zero attached hydrogens (tertiary/aromatic N) is 2. The van der Waals surface area contributed by atoms with Gasteiger partial charge in [-0.3, -0.25) is 14.6 Å². The summed E-state index contributed by atoms with van der Waals surface area (Å²) in [6.07, 6.45) is 5.44. The van der Waals surface area contributed by atoms with Crippen LogP contribution in [0.15, 0.2) is 42.7 Å². The summed E-state index contributed by atoms with van der Waals surface area (Å²) in [5, 5.41) is 24.4. The molecule has 3 N–H and O–H groups in total. The maximum absolute atomic E-state index is 13.3. The van der Waals surface area contributed by atoms with Crippen molar-refractivity contribution in [3.63, 3.8) is 0 Å². The summed E-state index contributed by atoms with van der Waals surface area (Å²) in [6.45, 7) is 9.28. The van der Waals surface area contributed by atoms with Crippen LogP contribution in [-0.4, -0.2) is 63.3 Å². The number of aromatic nitrogens is 1. The highest BCUT2D eigenvalue weighted by molar-refractivity contribution is 6.00. The predicted molar refractivity (Wildman–Crippen MR) is 138 cm³/mol. The van der Waals surface area contributed by atoms with Crippen molar-refractivity contribution in [3.8, 4) is 0 Å². The second-order valence-corrected chi connectivity index (χ2v) is 9.22. The Kier molecular flexibility index (Phi) is 11.9. The van der Waals surface area contributed by atoms with Crippen molar-refractivity contribution in [2.45, 2.75) is 84.5 Å². The molecular weight excluding hydrogens is 442 g/mol. The maximum Gasteiger partial charge on any atom is 0.253 e. The first-order valence-electron chi connectivity index (χ1n) is 12.8. The largest absolute Gasteiger partial charge is 0.390 e. The van der Waals surface area contributed by atoms with Crippen molar-refractivity contribution in [2.75, 3.05) is 13.1 Å². The van der Waals surface area contributed by atoms with Crippen LogP contribution in [0.1, 0.15) is 84.7 Å². The standard InChI is InChI=1S/C28H41N3O4/c1-5-8-9-25(32)26(33)24(18-21-10-12-29-13-11-21)30-27(34)22-16-20(4)17-23(19-22)28(35)31(14-6-2)15-7-3/h10-13,16-17,19,24-26,32-33H,5-9,14-15,18H2,1-4H3,(H,30,34). The molecule has 3 unspecified atom stereocenters. The van der Waals surface area contributed by atoms with Crippen LogP contribution in [0.2, 0.25) is 0 Å². The van der Waals surface area contributed by atoms with Gasteiger partial charge in [-0.05, 0) is 74.1 Å². The first kappa shape index (κ1) is 28.5. The SMILES string of the molecule is CCCCC(O)C(O)C(Cc1ccncc1)NC(=O)c1cc(C)cc(C(=O)N(CCC)CCC)c1. The second kappa shape index (κ2) is 14.6. The molecule has 192 valence electrons. The van der Waals surface area contributed by atoms with Gasteiger partial charge in [0.05, 0.1) is 12.1 Å². The van der Waals surface area contributed by atoms with Crippen molar-refractivity contribution >= 4 is 11.8 Å². The fourth-order valence-corrected chi connectivity index (χ4v) is 4.21. The summed E-state index contributed by atoms with van der Waals surface area (Å²) in [6, 6.07) is 8.10. The zero-order valence-electron chi connectivity index (χ0n) is 21.5. The first-order valence-corrected chi connectivity index (χ1v) is 12.8. The molecular formula is C28H41N3O4. The van der Waals surface area contributed by atoms with Gasteiger partial charge < -0.3 is 20.4 Å². The van der Waals surface area contributed by atoms with Gasteiger partial charge >= 0.3 is 0 Å². The Hall–Kier alpha value is -2.77.